The summed E-state index contributed by atoms with van der Waals surface area (Å²) in [6.45, 7) is 7.51. The van der Waals surface area contributed by atoms with E-state index in [-0.39, 0.29) is 0 Å². The number of ether oxygens (including phenoxy) is 2. The van der Waals surface area contributed by atoms with Crippen LogP contribution in [0.15, 0.2) is 43.2 Å². The average Bonchev–Trinajstić information content (AvgIpc) is 2.78. The molecular weight excluding hydrogens is 412 g/mol. The predicted molar refractivity (Wildman–Crippen MR) is 129 cm³/mol. The molecule has 0 unspecified atom stereocenters. The summed E-state index contributed by atoms with van der Waals surface area (Å²) in [6, 6.07) is 7.78. The quantitative estimate of drug-likeness (QED) is 0.288. The minimum Gasteiger partial charge on any atom is -0.495 e. The van der Waals surface area contributed by atoms with Crippen LogP contribution in [0.25, 0.3) is 10.9 Å². The average molecular weight is 441 g/mol. The third kappa shape index (κ3) is 5.20. The van der Waals surface area contributed by atoms with E-state index in [1.54, 1.807) is 20.5 Å². The van der Waals surface area contributed by atoms with Gasteiger partial charge in [0.2, 0.25) is 0 Å². The normalized spacial score (nSPS) is 10.7. The summed E-state index contributed by atoms with van der Waals surface area (Å²) in [5.74, 6) is 2.21. The van der Waals surface area contributed by atoms with Crippen molar-refractivity contribution in [2.24, 2.45) is 0 Å². The summed E-state index contributed by atoms with van der Waals surface area (Å²) in [5, 5.41) is 8.44. The second-order valence-corrected chi connectivity index (χ2v) is 7.56. The predicted octanol–water partition coefficient (Wildman–Crippen LogP) is 5.85. The highest BCUT2D eigenvalue weighted by Gasteiger charge is 2.17. The Hall–Kier alpha value is -2.99. The van der Waals surface area contributed by atoms with Gasteiger partial charge in [-0.05, 0) is 36.6 Å². The van der Waals surface area contributed by atoms with Crippen LogP contribution in [-0.2, 0) is 13.0 Å². The fraction of sp³-hybridized carbons (Fsp3) is 0.333. The number of allylic oxidation sites excluding steroid dienone is 1. The van der Waals surface area contributed by atoms with E-state index < -0.39 is 0 Å². The van der Waals surface area contributed by atoms with E-state index >= 15 is 0 Å². The summed E-state index contributed by atoms with van der Waals surface area (Å²) in [4.78, 5) is 9.05. The van der Waals surface area contributed by atoms with Crippen LogP contribution in [0.2, 0.25) is 5.02 Å². The summed E-state index contributed by atoms with van der Waals surface area (Å²) in [7, 11) is 3.29. The zero-order valence-electron chi connectivity index (χ0n) is 18.3. The van der Waals surface area contributed by atoms with Crippen molar-refractivity contribution in [2.45, 2.75) is 32.7 Å². The fourth-order valence-electron chi connectivity index (χ4n) is 3.50. The number of hydrogen-bond donors (Lipinski definition) is 2. The molecule has 6 nitrogen and oxygen atoms in total. The molecule has 2 aromatic carbocycles. The first-order valence-electron chi connectivity index (χ1n) is 10.4. The second kappa shape index (κ2) is 10.9. The molecule has 0 aliphatic rings. The maximum atomic E-state index is 6.27. The van der Waals surface area contributed by atoms with Gasteiger partial charge in [0.05, 0.1) is 30.4 Å². The highest BCUT2D eigenvalue weighted by atomic mass is 35.5. The molecule has 0 atom stereocenters. The first kappa shape index (κ1) is 22.7. The molecule has 0 saturated heterocycles. The van der Waals surface area contributed by atoms with E-state index in [0.717, 1.165) is 58.7 Å². The van der Waals surface area contributed by atoms with Gasteiger partial charge < -0.3 is 20.1 Å². The van der Waals surface area contributed by atoms with Crippen molar-refractivity contribution in [3.8, 4) is 11.5 Å². The SMILES string of the molecule is C=CCc1c(OC)c(NCCCC)cc2c(NCc3ccc(OC)c(Cl)c3)ncnc12. The maximum absolute atomic E-state index is 6.27. The number of rotatable bonds is 11. The van der Waals surface area contributed by atoms with Gasteiger partial charge in [0, 0.05) is 24.0 Å². The number of methoxy groups -OCH3 is 2. The molecule has 0 amide bonds. The Morgan fingerprint density at radius 2 is 1.97 bits per heavy atom. The van der Waals surface area contributed by atoms with Crippen molar-refractivity contribution in [3.63, 3.8) is 0 Å². The molecule has 7 heteroatoms. The lowest BCUT2D eigenvalue weighted by Crippen LogP contribution is -2.08. The van der Waals surface area contributed by atoms with E-state index in [0.29, 0.717) is 23.7 Å². The van der Waals surface area contributed by atoms with Crippen LogP contribution in [0.4, 0.5) is 11.5 Å². The van der Waals surface area contributed by atoms with E-state index in [1.165, 1.54) is 0 Å². The van der Waals surface area contributed by atoms with Gasteiger partial charge in [0.15, 0.2) is 0 Å². The van der Waals surface area contributed by atoms with Gasteiger partial charge in [-0.15, -0.1) is 6.58 Å². The molecule has 0 spiro atoms. The van der Waals surface area contributed by atoms with E-state index in [1.807, 2.05) is 24.3 Å². The van der Waals surface area contributed by atoms with Gasteiger partial charge >= 0.3 is 0 Å². The molecule has 0 aliphatic carbocycles. The molecular formula is C24H29ClN4O2. The van der Waals surface area contributed by atoms with Crippen molar-refractivity contribution in [2.75, 3.05) is 31.4 Å². The van der Waals surface area contributed by atoms with Gasteiger partial charge in [0.1, 0.15) is 23.6 Å². The largest absolute Gasteiger partial charge is 0.495 e. The Morgan fingerprint density at radius 3 is 2.65 bits per heavy atom. The fourth-order valence-corrected chi connectivity index (χ4v) is 3.78. The maximum Gasteiger partial charge on any atom is 0.147 e. The molecule has 3 aromatic rings. The number of aromatic nitrogens is 2. The Kier molecular flexibility index (Phi) is 7.95. The Labute approximate surface area is 188 Å². The molecule has 3 rings (SSSR count). The summed E-state index contributed by atoms with van der Waals surface area (Å²) >= 11 is 6.27. The molecule has 0 fully saturated rings. The summed E-state index contributed by atoms with van der Waals surface area (Å²) < 4.78 is 11.0. The zero-order chi connectivity index (χ0) is 22.2. The number of halogens is 1. The molecule has 0 radical (unpaired) electrons. The van der Waals surface area contributed by atoms with E-state index in [9.17, 15) is 0 Å². The van der Waals surface area contributed by atoms with E-state index in [4.69, 9.17) is 21.1 Å². The topological polar surface area (TPSA) is 68.3 Å². The Morgan fingerprint density at radius 1 is 1.13 bits per heavy atom. The molecule has 0 saturated carbocycles. The smallest absolute Gasteiger partial charge is 0.147 e. The molecule has 1 heterocycles. The van der Waals surface area contributed by atoms with Crippen LogP contribution in [0.5, 0.6) is 11.5 Å². The minimum atomic E-state index is 0.567. The Balaban J connectivity index is 1.99. The number of fused-ring (bicyclic) bond motifs is 1. The van der Waals surface area contributed by atoms with Crippen LogP contribution in [0.3, 0.4) is 0 Å². The monoisotopic (exact) mass is 440 g/mol. The number of nitrogens with one attached hydrogen (secondary N) is 2. The number of nitrogens with zero attached hydrogens (tertiary/aromatic N) is 2. The number of unbranched alkanes of at least 4 members (excludes halogenated alkanes) is 1. The standard InChI is InChI=1S/C24H29ClN4O2/c1-5-7-11-26-20-13-18-22(17(8-6-2)23(20)31-4)28-15-29-24(18)27-14-16-9-10-21(30-3)19(25)12-16/h6,9-10,12-13,15,26H,2,5,7-8,11,14H2,1,3-4H3,(H,27,28,29). The van der Waals surface area contributed by atoms with Crippen LogP contribution < -0.4 is 20.1 Å². The third-order valence-corrected chi connectivity index (χ3v) is 5.35. The second-order valence-electron chi connectivity index (χ2n) is 7.15. The van der Waals surface area contributed by atoms with Crippen LogP contribution in [0, 0.1) is 0 Å². The molecule has 1 aromatic heterocycles. The van der Waals surface area contributed by atoms with Crippen molar-refractivity contribution < 1.29 is 9.47 Å². The van der Waals surface area contributed by atoms with Gasteiger partial charge in [-0.25, -0.2) is 9.97 Å². The molecule has 164 valence electrons. The van der Waals surface area contributed by atoms with Gasteiger partial charge in [0.25, 0.3) is 0 Å². The van der Waals surface area contributed by atoms with Crippen LogP contribution in [-0.4, -0.2) is 30.7 Å². The van der Waals surface area contributed by atoms with Gasteiger partial charge in [-0.2, -0.15) is 0 Å². The lowest BCUT2D eigenvalue weighted by atomic mass is 10.0. The highest BCUT2D eigenvalue weighted by molar-refractivity contribution is 6.32. The minimum absolute atomic E-state index is 0.567. The van der Waals surface area contributed by atoms with Crippen molar-refractivity contribution in [3.05, 3.63) is 59.4 Å². The Bertz CT molecular complexity index is 1060. The zero-order valence-corrected chi connectivity index (χ0v) is 19.1. The first-order chi connectivity index (χ1) is 15.1. The highest BCUT2D eigenvalue weighted by Crippen LogP contribution is 2.37. The van der Waals surface area contributed by atoms with Crippen molar-refractivity contribution in [1.29, 1.82) is 0 Å². The molecule has 31 heavy (non-hydrogen) atoms. The lowest BCUT2D eigenvalue weighted by molar-refractivity contribution is 0.413. The first-order valence-corrected chi connectivity index (χ1v) is 10.8. The van der Waals surface area contributed by atoms with Crippen LogP contribution >= 0.6 is 11.6 Å². The number of hydrogen-bond acceptors (Lipinski definition) is 6. The van der Waals surface area contributed by atoms with Crippen molar-refractivity contribution in [1.82, 2.24) is 9.97 Å². The molecule has 2 N–H and O–H groups in total. The number of anilines is 2. The van der Waals surface area contributed by atoms with Crippen LogP contribution in [0.1, 0.15) is 30.9 Å². The molecule has 0 bridgehead atoms. The van der Waals surface area contributed by atoms with Gasteiger partial charge in [-0.3, -0.25) is 0 Å². The summed E-state index contributed by atoms with van der Waals surface area (Å²) in [6.07, 6.45) is 6.27. The lowest BCUT2D eigenvalue weighted by Gasteiger charge is -2.18. The van der Waals surface area contributed by atoms with Gasteiger partial charge in [-0.1, -0.05) is 37.1 Å². The summed E-state index contributed by atoms with van der Waals surface area (Å²) in [5.41, 5.74) is 3.80. The van der Waals surface area contributed by atoms with E-state index in [2.05, 4.69) is 40.2 Å². The van der Waals surface area contributed by atoms with Crippen molar-refractivity contribution >= 4 is 34.0 Å². The molecule has 0 aliphatic heterocycles. The third-order valence-electron chi connectivity index (χ3n) is 5.05. The number of benzene rings is 2.